The van der Waals surface area contributed by atoms with E-state index in [1.54, 1.807) is 4.90 Å². The molecule has 2 heterocycles. The molecule has 0 aromatic carbocycles. The lowest BCUT2D eigenvalue weighted by Gasteiger charge is -2.32. The van der Waals surface area contributed by atoms with Crippen molar-refractivity contribution in [2.75, 3.05) is 31.6 Å². The molecule has 1 amide bonds. The number of ether oxygens (including phenoxy) is 1. The smallest absolute Gasteiger partial charge is 0.409 e. The molecule has 118 valence electrons. The van der Waals surface area contributed by atoms with Crippen molar-refractivity contribution in [3.05, 3.63) is 12.4 Å². The van der Waals surface area contributed by atoms with E-state index in [9.17, 15) is 4.79 Å². The summed E-state index contributed by atoms with van der Waals surface area (Å²) in [6, 6.07) is 0.396. The van der Waals surface area contributed by atoms with Gasteiger partial charge in [0.25, 0.3) is 0 Å². The van der Waals surface area contributed by atoms with Crippen LogP contribution in [0.5, 0.6) is 0 Å². The molecule has 1 fully saturated rings. The molecule has 1 saturated heterocycles. The molecule has 1 aliphatic heterocycles. The molecule has 0 spiro atoms. The van der Waals surface area contributed by atoms with Gasteiger partial charge in [-0.2, -0.15) is 0 Å². The highest BCUT2D eigenvalue weighted by Crippen LogP contribution is 2.25. The number of piperidine rings is 1. The van der Waals surface area contributed by atoms with E-state index in [0.29, 0.717) is 18.6 Å². The summed E-state index contributed by atoms with van der Waals surface area (Å²) < 4.78 is 7.25. The van der Waals surface area contributed by atoms with Crippen molar-refractivity contribution in [3.63, 3.8) is 0 Å². The molecule has 21 heavy (non-hydrogen) atoms. The lowest BCUT2D eigenvalue weighted by molar-refractivity contribution is 0.0928. The molecular formula is C15H26N4O2. The highest BCUT2D eigenvalue weighted by atomic mass is 16.6. The van der Waals surface area contributed by atoms with Crippen molar-refractivity contribution < 1.29 is 9.53 Å². The van der Waals surface area contributed by atoms with Gasteiger partial charge in [-0.15, -0.1) is 0 Å². The lowest BCUT2D eigenvalue weighted by Crippen LogP contribution is -2.39. The maximum atomic E-state index is 11.7. The van der Waals surface area contributed by atoms with Crippen LogP contribution in [0.25, 0.3) is 0 Å². The number of nitrogens with one attached hydrogen (secondary N) is 1. The van der Waals surface area contributed by atoms with Gasteiger partial charge in [-0.25, -0.2) is 9.78 Å². The molecule has 0 unspecified atom stereocenters. The fraction of sp³-hybridized carbons (Fsp3) is 0.733. The molecule has 0 saturated carbocycles. The van der Waals surface area contributed by atoms with Gasteiger partial charge in [0.05, 0.1) is 6.61 Å². The Kier molecular flexibility index (Phi) is 5.47. The molecule has 0 aliphatic carbocycles. The van der Waals surface area contributed by atoms with Gasteiger partial charge in [-0.3, -0.25) is 0 Å². The van der Waals surface area contributed by atoms with Crippen LogP contribution in [0.4, 0.5) is 10.7 Å². The van der Waals surface area contributed by atoms with Gasteiger partial charge in [-0.1, -0.05) is 13.8 Å². The van der Waals surface area contributed by atoms with Gasteiger partial charge >= 0.3 is 6.09 Å². The molecule has 6 nitrogen and oxygen atoms in total. The Morgan fingerprint density at radius 1 is 1.48 bits per heavy atom. The van der Waals surface area contributed by atoms with E-state index in [4.69, 9.17) is 4.74 Å². The second-order valence-electron chi connectivity index (χ2n) is 5.85. The number of aromatic nitrogens is 2. The number of carbonyl (C=O) groups excluding carboxylic acids is 1. The van der Waals surface area contributed by atoms with E-state index >= 15 is 0 Å². The first-order valence-electron chi connectivity index (χ1n) is 7.80. The van der Waals surface area contributed by atoms with Crippen LogP contribution in [0.3, 0.4) is 0 Å². The van der Waals surface area contributed by atoms with Crippen molar-refractivity contribution in [2.24, 2.45) is 5.92 Å². The average Bonchev–Trinajstić information content (AvgIpc) is 2.94. The number of anilines is 1. The molecule has 6 heteroatoms. The van der Waals surface area contributed by atoms with E-state index in [0.717, 1.165) is 38.4 Å². The van der Waals surface area contributed by atoms with Crippen LogP contribution in [-0.2, 0) is 4.74 Å². The van der Waals surface area contributed by atoms with E-state index in [-0.39, 0.29) is 6.09 Å². The Balaban J connectivity index is 1.90. The van der Waals surface area contributed by atoms with Crippen molar-refractivity contribution in [2.45, 2.75) is 39.7 Å². The van der Waals surface area contributed by atoms with E-state index in [1.165, 1.54) is 0 Å². The first kappa shape index (κ1) is 15.7. The minimum Gasteiger partial charge on any atom is -0.450 e. The highest BCUT2D eigenvalue weighted by molar-refractivity contribution is 5.67. The van der Waals surface area contributed by atoms with Gasteiger partial charge in [0.15, 0.2) is 0 Å². The molecule has 1 aliphatic rings. The first-order chi connectivity index (χ1) is 10.1. The minimum atomic E-state index is -0.195. The Hall–Kier alpha value is -1.72. The summed E-state index contributed by atoms with van der Waals surface area (Å²) in [4.78, 5) is 17.9. The summed E-state index contributed by atoms with van der Waals surface area (Å²) in [5, 5.41) is 3.39. The summed E-state index contributed by atoms with van der Waals surface area (Å²) in [5.74, 6) is 1.51. The average molecular weight is 294 g/mol. The fourth-order valence-electron chi connectivity index (χ4n) is 2.58. The molecular weight excluding hydrogens is 268 g/mol. The van der Waals surface area contributed by atoms with Gasteiger partial charge in [0.1, 0.15) is 0 Å². The monoisotopic (exact) mass is 294 g/mol. The van der Waals surface area contributed by atoms with Gasteiger partial charge in [-0.05, 0) is 25.7 Å². The molecule has 0 bridgehead atoms. The number of likely N-dealkylation sites (tertiary alicyclic amines) is 1. The summed E-state index contributed by atoms with van der Waals surface area (Å²) in [6.45, 7) is 9.03. The predicted octanol–water partition coefficient (Wildman–Crippen LogP) is 2.74. The zero-order valence-electron chi connectivity index (χ0n) is 13.2. The fourth-order valence-corrected chi connectivity index (χ4v) is 2.58. The van der Waals surface area contributed by atoms with Crippen molar-refractivity contribution in [3.8, 4) is 0 Å². The van der Waals surface area contributed by atoms with E-state index in [1.807, 2.05) is 19.3 Å². The van der Waals surface area contributed by atoms with Crippen LogP contribution in [0.1, 0.15) is 39.7 Å². The molecule has 0 radical (unpaired) electrons. The van der Waals surface area contributed by atoms with Crippen LogP contribution < -0.4 is 5.32 Å². The standard InChI is InChI=1S/C15H26N4O2/c1-4-21-15(20)18-8-5-13(6-9-18)19-10-7-16-14(19)17-11-12(2)3/h7,10,12-13H,4-6,8-9,11H2,1-3H3,(H,16,17). The summed E-state index contributed by atoms with van der Waals surface area (Å²) >= 11 is 0. The number of imidazole rings is 1. The highest BCUT2D eigenvalue weighted by Gasteiger charge is 2.25. The van der Waals surface area contributed by atoms with Gasteiger partial charge in [0.2, 0.25) is 5.95 Å². The van der Waals surface area contributed by atoms with Crippen LogP contribution >= 0.6 is 0 Å². The van der Waals surface area contributed by atoms with Crippen molar-refractivity contribution in [1.29, 1.82) is 0 Å². The number of hydrogen-bond donors (Lipinski definition) is 1. The molecule has 0 atom stereocenters. The number of nitrogens with zero attached hydrogens (tertiary/aromatic N) is 3. The first-order valence-corrected chi connectivity index (χ1v) is 7.80. The van der Waals surface area contributed by atoms with Crippen LogP contribution in [0.15, 0.2) is 12.4 Å². The number of hydrogen-bond acceptors (Lipinski definition) is 4. The summed E-state index contributed by atoms with van der Waals surface area (Å²) in [5.41, 5.74) is 0. The van der Waals surface area contributed by atoms with Crippen LogP contribution in [0.2, 0.25) is 0 Å². The number of rotatable bonds is 5. The Morgan fingerprint density at radius 3 is 2.81 bits per heavy atom. The third-order valence-corrected chi connectivity index (χ3v) is 3.72. The third kappa shape index (κ3) is 4.12. The zero-order chi connectivity index (χ0) is 15.2. The molecule has 1 N–H and O–H groups in total. The van der Waals surface area contributed by atoms with Crippen molar-refractivity contribution >= 4 is 12.0 Å². The third-order valence-electron chi connectivity index (χ3n) is 3.72. The molecule has 1 aromatic rings. The number of amides is 1. The Bertz CT molecular complexity index is 450. The largest absolute Gasteiger partial charge is 0.450 e. The quantitative estimate of drug-likeness (QED) is 0.907. The number of carbonyl (C=O) groups is 1. The van der Waals surface area contributed by atoms with Crippen molar-refractivity contribution in [1.82, 2.24) is 14.5 Å². The lowest BCUT2D eigenvalue weighted by atomic mass is 10.1. The normalized spacial score (nSPS) is 16.3. The van der Waals surface area contributed by atoms with Crippen LogP contribution in [-0.4, -0.2) is 46.8 Å². The topological polar surface area (TPSA) is 59.4 Å². The summed E-state index contributed by atoms with van der Waals surface area (Å²) in [7, 11) is 0. The zero-order valence-corrected chi connectivity index (χ0v) is 13.2. The second-order valence-corrected chi connectivity index (χ2v) is 5.85. The maximum absolute atomic E-state index is 11.7. The SMILES string of the molecule is CCOC(=O)N1CCC(n2ccnc2NCC(C)C)CC1. The van der Waals surface area contributed by atoms with Crippen LogP contribution in [0, 0.1) is 5.92 Å². The minimum absolute atomic E-state index is 0.195. The van der Waals surface area contributed by atoms with Gasteiger partial charge < -0.3 is 19.5 Å². The predicted molar refractivity (Wildman–Crippen MR) is 82.4 cm³/mol. The molecule has 1 aromatic heterocycles. The van der Waals surface area contributed by atoms with Gasteiger partial charge in [0, 0.05) is 38.1 Å². The van der Waals surface area contributed by atoms with E-state index in [2.05, 4.69) is 28.7 Å². The maximum Gasteiger partial charge on any atom is 0.409 e. The Morgan fingerprint density at radius 2 is 2.19 bits per heavy atom. The Labute approximate surface area is 126 Å². The molecule has 2 rings (SSSR count). The summed E-state index contributed by atoms with van der Waals surface area (Å²) in [6.07, 6.45) is 5.53. The van der Waals surface area contributed by atoms with E-state index < -0.39 is 0 Å². The second kappa shape index (κ2) is 7.33.